The largest absolute Gasteiger partial charge is 0.619 e. The van der Waals surface area contributed by atoms with Gasteiger partial charge in [0.05, 0.1) is 0 Å². The van der Waals surface area contributed by atoms with Crippen LogP contribution in [-0.2, 0) is 13.0 Å². The average Bonchev–Trinajstić information content (AvgIpc) is 2.94. The maximum absolute atomic E-state index is 13.1. The van der Waals surface area contributed by atoms with Crippen LogP contribution in [0, 0.1) is 5.21 Å². The molecule has 10 heteroatoms. The van der Waals surface area contributed by atoms with Gasteiger partial charge in [0, 0.05) is 37.3 Å². The fourth-order valence-corrected chi connectivity index (χ4v) is 4.51. The lowest BCUT2D eigenvalue weighted by molar-refractivity contribution is -0.605. The summed E-state index contributed by atoms with van der Waals surface area (Å²) >= 11 is 0. The van der Waals surface area contributed by atoms with Crippen molar-refractivity contribution in [1.82, 2.24) is 4.98 Å². The summed E-state index contributed by atoms with van der Waals surface area (Å²) in [7, 11) is 0. The van der Waals surface area contributed by atoms with Gasteiger partial charge in [-0.05, 0) is 53.3 Å². The lowest BCUT2D eigenvalue weighted by Crippen LogP contribution is -2.24. The van der Waals surface area contributed by atoms with Crippen LogP contribution in [0.25, 0.3) is 0 Å². The zero-order valence-electron chi connectivity index (χ0n) is 21.8. The van der Waals surface area contributed by atoms with E-state index in [1.54, 1.807) is 18.3 Å². The van der Waals surface area contributed by atoms with E-state index in [2.05, 4.69) is 33.4 Å². The Morgan fingerprint density at radius 3 is 2.12 bits per heavy atom. The molecule has 0 amide bonds. The number of anilines is 1. The predicted octanol–water partition coefficient (Wildman–Crippen LogP) is 6.71. The Labute approximate surface area is 230 Å². The molecule has 0 bridgehead atoms. The first-order chi connectivity index (χ1) is 19.3. The second kappa shape index (κ2) is 13.6. The molecule has 0 N–H and O–H groups in total. The number of nitrogens with zero attached hydrogens (tertiary/aromatic N) is 3. The number of hydrogen-bond acceptors (Lipinski definition) is 5. The molecule has 6 nitrogen and oxygen atoms in total. The minimum Gasteiger partial charge on any atom is -0.619 e. The Bertz CT molecular complexity index is 1340. The minimum atomic E-state index is -3.23. The van der Waals surface area contributed by atoms with Crippen LogP contribution in [0.1, 0.15) is 41.5 Å². The molecule has 0 saturated carbocycles. The van der Waals surface area contributed by atoms with E-state index >= 15 is 0 Å². The first-order valence-electron chi connectivity index (χ1n) is 12.8. The Hall–Kier alpha value is -4.34. The second-order valence-electron chi connectivity index (χ2n) is 9.14. The maximum atomic E-state index is 13.1. The Balaban J connectivity index is 1.69. The highest BCUT2D eigenvalue weighted by Gasteiger charge is 2.22. The lowest BCUT2D eigenvalue weighted by atomic mass is 9.86. The molecular formula is C30H29F4N3O3. The number of halogens is 4. The van der Waals surface area contributed by atoms with Crippen molar-refractivity contribution in [2.24, 2.45) is 0 Å². The lowest BCUT2D eigenvalue weighted by Gasteiger charge is -2.25. The zero-order valence-corrected chi connectivity index (χ0v) is 21.8. The van der Waals surface area contributed by atoms with Gasteiger partial charge in [0.2, 0.25) is 0 Å². The molecule has 0 aliphatic carbocycles. The third-order valence-corrected chi connectivity index (χ3v) is 6.32. The zero-order chi connectivity index (χ0) is 28.5. The van der Waals surface area contributed by atoms with E-state index in [9.17, 15) is 22.8 Å². The molecule has 0 fully saturated rings. The third-order valence-electron chi connectivity index (χ3n) is 6.32. The maximum Gasteiger partial charge on any atom is 0.387 e. The van der Waals surface area contributed by atoms with E-state index < -0.39 is 30.6 Å². The normalized spacial score (nSPS) is 12.0. The van der Waals surface area contributed by atoms with Crippen molar-refractivity contribution in [3.63, 3.8) is 0 Å². The third kappa shape index (κ3) is 7.84. The SMILES string of the molecule is CCCN(Cc1ccccc1)c1ccc(C(Cc2cc[n+]([O-])cc2)c2ccc(OC(F)F)c(OC(F)F)c2)cn1. The number of benzene rings is 2. The van der Waals surface area contributed by atoms with E-state index in [0.29, 0.717) is 23.3 Å². The molecule has 0 aliphatic rings. The highest BCUT2D eigenvalue weighted by Crippen LogP contribution is 2.37. The summed E-state index contributed by atoms with van der Waals surface area (Å²) in [5, 5.41) is 11.5. The van der Waals surface area contributed by atoms with Gasteiger partial charge in [-0.15, -0.1) is 0 Å². The van der Waals surface area contributed by atoms with Gasteiger partial charge < -0.3 is 19.6 Å². The molecule has 0 aliphatic heterocycles. The molecule has 0 spiro atoms. The molecule has 0 radical (unpaired) electrons. The molecule has 4 aromatic rings. The summed E-state index contributed by atoms with van der Waals surface area (Å²) in [5.41, 5.74) is 3.25. The van der Waals surface area contributed by atoms with Crippen molar-refractivity contribution in [2.45, 2.75) is 45.5 Å². The fraction of sp³-hybridized carbons (Fsp3) is 0.267. The van der Waals surface area contributed by atoms with Gasteiger partial charge in [0.25, 0.3) is 0 Å². The monoisotopic (exact) mass is 555 g/mol. The van der Waals surface area contributed by atoms with E-state index in [1.165, 1.54) is 30.6 Å². The second-order valence-corrected chi connectivity index (χ2v) is 9.14. The summed E-state index contributed by atoms with van der Waals surface area (Å²) in [6, 6.07) is 21.2. The van der Waals surface area contributed by atoms with Crippen molar-refractivity contribution in [2.75, 3.05) is 11.4 Å². The van der Waals surface area contributed by atoms with Crippen LogP contribution < -0.4 is 19.1 Å². The van der Waals surface area contributed by atoms with Crippen LogP contribution in [-0.4, -0.2) is 24.8 Å². The number of hydrogen-bond donors (Lipinski definition) is 0. The molecule has 0 saturated heterocycles. The highest BCUT2D eigenvalue weighted by molar-refractivity contribution is 5.48. The fourth-order valence-electron chi connectivity index (χ4n) is 4.51. The van der Waals surface area contributed by atoms with Crippen molar-refractivity contribution >= 4 is 5.82 Å². The van der Waals surface area contributed by atoms with Crippen molar-refractivity contribution < 1.29 is 31.8 Å². The van der Waals surface area contributed by atoms with Crippen LogP contribution in [0.3, 0.4) is 0 Å². The van der Waals surface area contributed by atoms with Gasteiger partial charge in [-0.3, -0.25) is 0 Å². The Morgan fingerprint density at radius 2 is 1.50 bits per heavy atom. The van der Waals surface area contributed by atoms with Gasteiger partial charge in [-0.25, -0.2) is 4.98 Å². The number of pyridine rings is 2. The summed E-state index contributed by atoms with van der Waals surface area (Å²) < 4.78 is 61.5. The van der Waals surface area contributed by atoms with Crippen LogP contribution in [0.2, 0.25) is 0 Å². The highest BCUT2D eigenvalue weighted by atomic mass is 19.3. The summed E-state index contributed by atoms with van der Waals surface area (Å²) in [4.78, 5) is 6.89. The van der Waals surface area contributed by atoms with E-state index in [4.69, 9.17) is 4.98 Å². The van der Waals surface area contributed by atoms with E-state index in [0.717, 1.165) is 35.5 Å². The topological polar surface area (TPSA) is 61.5 Å². The molecule has 1 atom stereocenters. The Kier molecular flexibility index (Phi) is 9.77. The quantitative estimate of drug-likeness (QED) is 0.104. The predicted molar refractivity (Wildman–Crippen MR) is 143 cm³/mol. The minimum absolute atomic E-state index is 0.383. The van der Waals surface area contributed by atoms with E-state index in [1.807, 2.05) is 30.3 Å². The van der Waals surface area contributed by atoms with Crippen LogP contribution in [0.5, 0.6) is 11.5 Å². The standard InChI is InChI=1S/C30H29F4N3O3/c1-2-14-36(20-22-6-4-3-5-7-22)28-11-9-24(19-35-28)25(17-21-12-15-37(38)16-13-21)23-8-10-26(39-29(31)32)27(18-23)40-30(33)34/h3-13,15-16,18-19,25,29-30H,2,14,17,20H2,1H3. The molecule has 210 valence electrons. The summed E-state index contributed by atoms with van der Waals surface area (Å²) in [6.07, 6.45) is 5.76. The van der Waals surface area contributed by atoms with Crippen molar-refractivity contribution in [3.8, 4) is 11.5 Å². The van der Waals surface area contributed by atoms with Crippen LogP contribution in [0.15, 0.2) is 91.4 Å². The molecular weight excluding hydrogens is 526 g/mol. The van der Waals surface area contributed by atoms with Gasteiger partial charge >= 0.3 is 13.2 Å². The van der Waals surface area contributed by atoms with Crippen molar-refractivity contribution in [3.05, 3.63) is 119 Å². The molecule has 2 aromatic heterocycles. The first-order valence-corrected chi connectivity index (χ1v) is 12.8. The number of aromatic nitrogens is 2. The van der Waals surface area contributed by atoms with Crippen LogP contribution in [0.4, 0.5) is 23.4 Å². The van der Waals surface area contributed by atoms with Gasteiger partial charge in [-0.2, -0.15) is 22.3 Å². The van der Waals surface area contributed by atoms with Gasteiger partial charge in [-0.1, -0.05) is 49.4 Å². The number of alkyl halides is 4. The molecule has 4 rings (SSSR count). The molecule has 1 unspecified atom stereocenters. The first kappa shape index (κ1) is 28.7. The van der Waals surface area contributed by atoms with Gasteiger partial charge in [0.1, 0.15) is 5.82 Å². The number of rotatable bonds is 13. The molecule has 2 aromatic carbocycles. The van der Waals surface area contributed by atoms with Crippen LogP contribution >= 0.6 is 0 Å². The molecule has 40 heavy (non-hydrogen) atoms. The Morgan fingerprint density at radius 1 is 0.825 bits per heavy atom. The average molecular weight is 556 g/mol. The summed E-state index contributed by atoms with van der Waals surface area (Å²) in [6.45, 7) is -2.87. The summed E-state index contributed by atoms with van der Waals surface area (Å²) in [5.74, 6) is -0.625. The molecule has 2 heterocycles. The number of ether oxygens (including phenoxy) is 2. The van der Waals surface area contributed by atoms with Gasteiger partial charge in [0.15, 0.2) is 23.9 Å². The van der Waals surface area contributed by atoms with Crippen molar-refractivity contribution in [1.29, 1.82) is 0 Å². The van der Waals surface area contributed by atoms with E-state index in [-0.39, 0.29) is 0 Å². The smallest absolute Gasteiger partial charge is 0.387 e.